The maximum absolute atomic E-state index is 12.4. The summed E-state index contributed by atoms with van der Waals surface area (Å²) in [5.74, 6) is 0. The fourth-order valence-corrected chi connectivity index (χ4v) is 1.86. The van der Waals surface area contributed by atoms with Crippen molar-refractivity contribution in [2.45, 2.75) is 0 Å². The Balaban J connectivity index is 2.39. The molecule has 0 aliphatic carbocycles. The van der Waals surface area contributed by atoms with Crippen LogP contribution in [0.15, 0.2) is 0 Å². The van der Waals surface area contributed by atoms with Gasteiger partial charge in [0.15, 0.2) is 0 Å². The van der Waals surface area contributed by atoms with Gasteiger partial charge < -0.3 is 0 Å². The van der Waals surface area contributed by atoms with Crippen LogP contribution in [0.4, 0.5) is 4.48 Å². The van der Waals surface area contributed by atoms with Gasteiger partial charge in [-0.05, 0) is 0 Å². The first-order chi connectivity index (χ1) is 5.00. The highest BCUT2D eigenvalue weighted by Crippen LogP contribution is 2.38. The molecule has 4 nitrogen and oxygen atoms in total. The molecular weight excluding hydrogens is 171 g/mol. The van der Waals surface area contributed by atoms with Crippen LogP contribution in [0.25, 0.3) is 0 Å². The molecule has 0 spiro atoms. The highest BCUT2D eigenvalue weighted by Gasteiger charge is 2.23. The second kappa shape index (κ2) is 3.24. The van der Waals surface area contributed by atoms with Crippen LogP contribution < -0.4 is 0 Å². The lowest BCUT2D eigenvalue weighted by Crippen LogP contribution is -2.43. The average molecular weight is 184 g/mol. The summed E-state index contributed by atoms with van der Waals surface area (Å²) in [7, 11) is -2.61. The molecule has 68 valence electrons. The van der Waals surface area contributed by atoms with Crippen molar-refractivity contribution in [2.75, 3.05) is 32.4 Å². The van der Waals surface area contributed by atoms with Crippen molar-refractivity contribution in [2.24, 2.45) is 0 Å². The molecule has 1 aliphatic heterocycles. The van der Waals surface area contributed by atoms with Crippen molar-refractivity contribution >= 4 is 10.8 Å². The summed E-state index contributed by atoms with van der Waals surface area (Å²) < 4.78 is 32.2. The number of halogens is 1. The average Bonchev–Trinajstić information content (AvgIpc) is 1.86. The van der Waals surface area contributed by atoms with E-state index in [1.54, 1.807) is 0 Å². The third kappa shape index (κ3) is 2.57. The van der Waals surface area contributed by atoms with Gasteiger partial charge in [-0.15, -0.1) is 20.4 Å². The Kier molecular flexibility index (Phi) is 2.71. The third-order valence-corrected chi connectivity index (χ3v) is 3.02. The van der Waals surface area contributed by atoms with Gasteiger partial charge in [-0.2, -0.15) is 0 Å². The third-order valence-electron chi connectivity index (χ3n) is 1.67. The normalized spacial score (nSPS) is 25.5. The zero-order valence-electron chi connectivity index (χ0n) is 6.40. The second-order valence-electron chi connectivity index (χ2n) is 2.63. The Morgan fingerprint density at radius 3 is 2.00 bits per heavy atom. The summed E-state index contributed by atoms with van der Waals surface area (Å²) in [6, 6.07) is 0. The van der Waals surface area contributed by atoms with Crippen molar-refractivity contribution in [3.05, 3.63) is 0 Å². The fourth-order valence-electron chi connectivity index (χ4n) is 1.01. The minimum absolute atomic E-state index is 0.254. The molecule has 0 radical (unpaired) electrons. The Labute approximate surface area is 67.0 Å². The van der Waals surface area contributed by atoms with E-state index in [1.165, 1.54) is 10.6 Å². The Hall–Kier alpha value is 0.120. The molecule has 0 unspecified atom stereocenters. The van der Waals surface area contributed by atoms with Crippen molar-refractivity contribution < 1.29 is 13.6 Å². The predicted octanol–water partition coefficient (Wildman–Crippen LogP) is 0.784. The van der Waals surface area contributed by atoms with E-state index in [9.17, 15) is 4.48 Å². The molecule has 1 aliphatic rings. The molecule has 0 bridgehead atoms. The number of rotatable bonds is 1. The summed E-state index contributed by atoms with van der Waals surface area (Å²) >= 11 is 0. The van der Waals surface area contributed by atoms with Crippen molar-refractivity contribution in [1.82, 2.24) is 9.43 Å². The van der Waals surface area contributed by atoms with Gasteiger partial charge in [-0.1, -0.05) is 0 Å². The van der Waals surface area contributed by atoms with E-state index in [0.29, 0.717) is 18.2 Å². The molecule has 1 rings (SSSR count). The van der Waals surface area contributed by atoms with E-state index in [4.69, 9.17) is 9.11 Å². The first-order valence-electron chi connectivity index (χ1n) is 3.39. The van der Waals surface area contributed by atoms with E-state index in [2.05, 4.69) is 0 Å². The smallest absolute Gasteiger partial charge is 0.0435 e. The molecule has 1 heterocycles. The van der Waals surface area contributed by atoms with Gasteiger partial charge in [0.05, 0.1) is 0 Å². The topological polar surface area (TPSA) is 46.9 Å². The van der Waals surface area contributed by atoms with Crippen LogP contribution >= 0.6 is 10.8 Å². The molecular formula is C5H13FN2O2S. The molecule has 11 heavy (non-hydrogen) atoms. The number of hydrogen-bond acceptors (Lipinski definition) is 4. The lowest BCUT2D eigenvalue weighted by molar-refractivity contribution is -0.00536. The lowest BCUT2D eigenvalue weighted by Gasteiger charge is -2.42. The zero-order chi connectivity index (χ0) is 8.48. The fraction of sp³-hybridized carbons (Fsp3) is 1.00. The standard InChI is InChI=1S/C5H13FN2O2S/c1-11(9,10)8-4-2-7(6)3-5-8/h9-10H,2-5H2,1H3. The maximum atomic E-state index is 12.4. The highest BCUT2D eigenvalue weighted by atomic mass is 32.3. The van der Waals surface area contributed by atoms with Crippen LogP contribution in [0.3, 0.4) is 0 Å². The summed E-state index contributed by atoms with van der Waals surface area (Å²) in [6.45, 7) is 1.28. The summed E-state index contributed by atoms with van der Waals surface area (Å²) in [5.41, 5.74) is 0. The first kappa shape index (κ1) is 9.21. The molecule has 0 aromatic carbocycles. The summed E-state index contributed by atoms with van der Waals surface area (Å²) in [4.78, 5) is 0. The molecule has 2 N–H and O–H groups in total. The number of nitrogens with zero attached hydrogens (tertiary/aromatic N) is 2. The van der Waals surface area contributed by atoms with Crippen molar-refractivity contribution in [1.29, 1.82) is 0 Å². The van der Waals surface area contributed by atoms with Gasteiger partial charge in [-0.25, -0.2) is 4.31 Å². The molecule has 0 saturated carbocycles. The van der Waals surface area contributed by atoms with Gasteiger partial charge >= 0.3 is 0 Å². The van der Waals surface area contributed by atoms with Crippen molar-refractivity contribution in [3.8, 4) is 0 Å². The molecule has 6 heteroatoms. The minimum atomic E-state index is -2.61. The zero-order valence-corrected chi connectivity index (χ0v) is 7.22. The van der Waals surface area contributed by atoms with Crippen LogP contribution in [0.2, 0.25) is 0 Å². The molecule has 0 aromatic rings. The van der Waals surface area contributed by atoms with E-state index in [1.807, 2.05) is 0 Å². The summed E-state index contributed by atoms with van der Waals surface area (Å²) in [6.07, 6.45) is 1.36. The Bertz CT molecular complexity index is 133. The predicted molar refractivity (Wildman–Crippen MR) is 43.0 cm³/mol. The van der Waals surface area contributed by atoms with Gasteiger partial charge in [0.25, 0.3) is 0 Å². The van der Waals surface area contributed by atoms with Crippen LogP contribution in [0.5, 0.6) is 0 Å². The summed E-state index contributed by atoms with van der Waals surface area (Å²) in [5, 5.41) is 0.682. The Morgan fingerprint density at radius 1 is 1.18 bits per heavy atom. The van der Waals surface area contributed by atoms with Gasteiger partial charge in [-0.3, -0.25) is 9.11 Å². The largest absolute Gasteiger partial charge is 0.286 e. The molecule has 0 amide bonds. The van der Waals surface area contributed by atoms with Crippen LogP contribution in [0, 0.1) is 0 Å². The van der Waals surface area contributed by atoms with E-state index >= 15 is 0 Å². The van der Waals surface area contributed by atoms with E-state index in [-0.39, 0.29) is 13.1 Å². The molecule has 0 aromatic heterocycles. The monoisotopic (exact) mass is 184 g/mol. The maximum Gasteiger partial charge on any atom is 0.0435 e. The van der Waals surface area contributed by atoms with Crippen LogP contribution in [0.1, 0.15) is 0 Å². The van der Waals surface area contributed by atoms with E-state index < -0.39 is 10.8 Å². The highest BCUT2D eigenvalue weighted by molar-refractivity contribution is 8.21. The van der Waals surface area contributed by atoms with Crippen LogP contribution in [-0.4, -0.2) is 51.0 Å². The van der Waals surface area contributed by atoms with Gasteiger partial charge in [0.2, 0.25) is 0 Å². The SMILES string of the molecule is CS(O)(O)N1CCN(F)CC1. The van der Waals surface area contributed by atoms with Gasteiger partial charge in [0.1, 0.15) is 0 Å². The quantitative estimate of drug-likeness (QED) is 0.591. The number of hydrogen-bond donors (Lipinski definition) is 2. The molecule has 0 atom stereocenters. The van der Waals surface area contributed by atoms with Crippen LogP contribution in [-0.2, 0) is 0 Å². The van der Waals surface area contributed by atoms with Gasteiger partial charge in [0, 0.05) is 32.4 Å². The lowest BCUT2D eigenvalue weighted by atomic mass is 10.4. The Morgan fingerprint density at radius 2 is 1.64 bits per heavy atom. The molecule has 1 fully saturated rings. The van der Waals surface area contributed by atoms with E-state index in [0.717, 1.165) is 0 Å². The minimum Gasteiger partial charge on any atom is -0.286 e. The first-order valence-corrected chi connectivity index (χ1v) is 5.30. The molecule has 1 saturated heterocycles. The second-order valence-corrected chi connectivity index (χ2v) is 4.73. The number of piperazine rings is 1. The van der Waals surface area contributed by atoms with Crippen molar-refractivity contribution in [3.63, 3.8) is 0 Å².